The van der Waals surface area contributed by atoms with E-state index in [9.17, 15) is 4.79 Å². The Balaban J connectivity index is -0.000000303. The summed E-state index contributed by atoms with van der Waals surface area (Å²) in [6.07, 6.45) is 15.8. The summed E-state index contributed by atoms with van der Waals surface area (Å²) < 4.78 is 25.2. The van der Waals surface area contributed by atoms with Crippen LogP contribution < -0.4 is 0 Å². The van der Waals surface area contributed by atoms with Crippen molar-refractivity contribution in [1.29, 1.82) is 0 Å². The fourth-order valence-corrected chi connectivity index (χ4v) is 1.33. The van der Waals surface area contributed by atoms with Crippen LogP contribution in [-0.2, 0) is 44.6 Å². The summed E-state index contributed by atoms with van der Waals surface area (Å²) in [5.74, 6) is -0.269. The second-order valence-corrected chi connectivity index (χ2v) is 3.72. The van der Waals surface area contributed by atoms with Gasteiger partial charge in [-0.3, -0.25) is 4.79 Å². The van der Waals surface area contributed by atoms with Crippen LogP contribution in [0.25, 0.3) is 0 Å². The SMILES string of the molecule is CC(=O)OC[C@@H]1[CH][CH][CH][C@H](C)O1.[C-]#[O+].[C-]#[O+].[CH]1[CH][CH][CH][CH]1.[Mo]. The van der Waals surface area contributed by atoms with Crippen molar-refractivity contribution in [3.8, 4) is 0 Å². The molecule has 0 aromatic rings. The van der Waals surface area contributed by atoms with E-state index >= 15 is 0 Å². The molecule has 6 heteroatoms. The molecule has 1 saturated carbocycles. The van der Waals surface area contributed by atoms with Gasteiger partial charge in [0.05, 0.1) is 12.2 Å². The van der Waals surface area contributed by atoms with Crippen molar-refractivity contribution in [2.24, 2.45) is 0 Å². The normalized spacial score (nSPS) is 21.9. The average Bonchev–Trinajstić information content (AvgIpc) is 3.09. The Hall–Kier alpha value is -0.402. The van der Waals surface area contributed by atoms with Crippen LogP contribution in [-0.4, -0.2) is 24.8 Å². The minimum atomic E-state index is -0.269. The van der Waals surface area contributed by atoms with Crippen molar-refractivity contribution in [2.75, 3.05) is 6.61 Å². The van der Waals surface area contributed by atoms with E-state index < -0.39 is 0 Å². The quantitative estimate of drug-likeness (QED) is 0.315. The maximum Gasteiger partial charge on any atom is 0 e. The molecule has 0 spiro atoms. The number of hydrogen-bond donors (Lipinski definition) is 0. The van der Waals surface area contributed by atoms with Gasteiger partial charge >= 0.3 is 28.6 Å². The molecule has 1 saturated heterocycles. The smallest absolute Gasteiger partial charge is 0 e. The second-order valence-electron chi connectivity index (χ2n) is 3.72. The Morgan fingerprint density at radius 3 is 1.86 bits per heavy atom. The van der Waals surface area contributed by atoms with Gasteiger partial charge in [0.25, 0.3) is 0 Å². The molecule has 0 aromatic heterocycles. The first-order valence-corrected chi connectivity index (χ1v) is 6.06. The molecule has 0 aromatic carbocycles. The van der Waals surface area contributed by atoms with E-state index in [2.05, 4.69) is 13.3 Å². The molecule has 0 amide bonds. The van der Waals surface area contributed by atoms with Gasteiger partial charge in [-0.05, 0) is 58.3 Å². The summed E-state index contributed by atoms with van der Waals surface area (Å²) in [6, 6.07) is 0. The van der Waals surface area contributed by atoms with Gasteiger partial charge in [0.1, 0.15) is 6.61 Å². The number of ether oxygens (including phenoxy) is 2. The molecule has 5 nitrogen and oxygen atoms in total. The Morgan fingerprint density at radius 1 is 1.05 bits per heavy atom. The molecule has 8 radical (unpaired) electrons. The zero-order chi connectivity index (χ0) is 16.5. The maximum atomic E-state index is 10.5. The third-order valence-corrected chi connectivity index (χ3v) is 2.10. The third-order valence-electron chi connectivity index (χ3n) is 2.10. The number of rotatable bonds is 2. The van der Waals surface area contributed by atoms with Crippen molar-refractivity contribution < 1.29 is 44.6 Å². The van der Waals surface area contributed by atoms with Crippen LogP contribution in [0.2, 0.25) is 0 Å². The molecule has 2 aliphatic rings. The van der Waals surface area contributed by atoms with Crippen LogP contribution in [0.1, 0.15) is 13.8 Å². The van der Waals surface area contributed by atoms with E-state index in [1.807, 2.05) is 58.3 Å². The molecule has 118 valence electrons. The molecular formula is C16H18MoO5. The van der Waals surface area contributed by atoms with Crippen molar-refractivity contribution in [1.82, 2.24) is 0 Å². The Morgan fingerprint density at radius 2 is 1.50 bits per heavy atom. The van der Waals surface area contributed by atoms with Crippen LogP contribution in [0.3, 0.4) is 0 Å². The first-order valence-electron chi connectivity index (χ1n) is 6.06. The molecule has 2 fully saturated rings. The monoisotopic (exact) mass is 388 g/mol. The predicted molar refractivity (Wildman–Crippen MR) is 73.2 cm³/mol. The first kappa shape index (κ1) is 26.5. The largest absolute Gasteiger partial charge is 0.0312 e. The summed E-state index contributed by atoms with van der Waals surface area (Å²) in [6.45, 7) is 12.6. The van der Waals surface area contributed by atoms with Gasteiger partial charge in [-0.2, -0.15) is 0 Å². The Labute approximate surface area is 148 Å². The van der Waals surface area contributed by atoms with Crippen molar-refractivity contribution in [3.63, 3.8) is 0 Å². The molecule has 0 N–H and O–H groups in total. The van der Waals surface area contributed by atoms with Gasteiger partial charge in [-0.1, -0.05) is 0 Å². The van der Waals surface area contributed by atoms with Gasteiger partial charge in [0, 0.05) is 28.0 Å². The number of carbonyl (C=O) groups excluding carboxylic acids is 1. The summed E-state index contributed by atoms with van der Waals surface area (Å²) in [7, 11) is 0. The molecule has 2 atom stereocenters. The molecule has 1 aliphatic carbocycles. The fourth-order valence-electron chi connectivity index (χ4n) is 1.33. The minimum absolute atomic E-state index is 0. The topological polar surface area (TPSA) is 75.3 Å². The summed E-state index contributed by atoms with van der Waals surface area (Å²) >= 11 is 0. The van der Waals surface area contributed by atoms with Gasteiger partial charge in [0.15, 0.2) is 0 Å². The van der Waals surface area contributed by atoms with Crippen LogP contribution in [0, 0.1) is 64.7 Å². The molecule has 22 heavy (non-hydrogen) atoms. The summed E-state index contributed by atoms with van der Waals surface area (Å²) in [5, 5.41) is 0. The van der Waals surface area contributed by atoms with E-state index in [0.717, 1.165) is 0 Å². The van der Waals surface area contributed by atoms with Crippen LogP contribution in [0.15, 0.2) is 0 Å². The molecule has 2 rings (SSSR count). The molecular weight excluding hydrogens is 368 g/mol. The van der Waals surface area contributed by atoms with E-state index in [1.165, 1.54) is 6.92 Å². The molecule has 1 aliphatic heterocycles. The van der Waals surface area contributed by atoms with Crippen molar-refractivity contribution in [2.45, 2.75) is 26.1 Å². The van der Waals surface area contributed by atoms with Crippen molar-refractivity contribution in [3.05, 3.63) is 64.7 Å². The second kappa shape index (κ2) is 20.6. The number of esters is 1. The third kappa shape index (κ3) is 17.6. The maximum absolute atomic E-state index is 10.5. The minimum Gasteiger partial charge on any atom is -0.0312 e. The number of carbonyl (C=O) groups is 1. The van der Waals surface area contributed by atoms with Crippen LogP contribution in [0.5, 0.6) is 0 Å². The van der Waals surface area contributed by atoms with Gasteiger partial charge in [0.2, 0.25) is 0 Å². The van der Waals surface area contributed by atoms with Gasteiger partial charge in [-0.15, -0.1) is 0 Å². The van der Waals surface area contributed by atoms with Crippen LogP contribution in [0.4, 0.5) is 0 Å². The molecule has 0 unspecified atom stereocenters. The Kier molecular flexibility index (Phi) is 24.8. The Bertz CT molecular complexity index is 273. The van der Waals surface area contributed by atoms with E-state index in [1.54, 1.807) is 0 Å². The van der Waals surface area contributed by atoms with Crippen molar-refractivity contribution >= 4 is 5.97 Å². The van der Waals surface area contributed by atoms with Gasteiger partial charge in [-0.25, -0.2) is 0 Å². The standard InChI is InChI=1S/C9H13O3.C5H5.2CO.Mo/c1-7-4-3-5-9(12-7)6-11-8(2)10;1-2-4-5-3-1;2*1-2;/h3-5,7,9H,6H2,1-2H3;1-5H;;;/t7-,9-;;;;/m0..../s1. The van der Waals surface area contributed by atoms with E-state index in [0.29, 0.717) is 6.61 Å². The molecule has 1 heterocycles. The van der Waals surface area contributed by atoms with Crippen LogP contribution >= 0.6 is 0 Å². The number of hydrogen-bond acceptors (Lipinski definition) is 3. The van der Waals surface area contributed by atoms with E-state index in [-0.39, 0.29) is 39.2 Å². The molecule has 0 bridgehead atoms. The summed E-state index contributed by atoms with van der Waals surface area (Å²) in [4.78, 5) is 10.5. The van der Waals surface area contributed by atoms with E-state index in [4.69, 9.17) is 18.8 Å². The zero-order valence-corrected chi connectivity index (χ0v) is 14.4. The predicted octanol–water partition coefficient (Wildman–Crippen LogP) is 1.89. The summed E-state index contributed by atoms with van der Waals surface area (Å²) in [5.41, 5.74) is 0. The average molecular weight is 386 g/mol. The zero-order valence-electron chi connectivity index (χ0n) is 12.4. The fraction of sp³-hybridized carbons (Fsp3) is 0.312. The van der Waals surface area contributed by atoms with Gasteiger partial charge < -0.3 is 9.47 Å². The first-order chi connectivity index (χ1) is 10.2.